The molecule has 1 amide bonds. The predicted octanol–water partition coefficient (Wildman–Crippen LogP) is 3.38. The summed E-state index contributed by atoms with van der Waals surface area (Å²) in [6.45, 7) is 1.98. The molecule has 21 heavy (non-hydrogen) atoms. The van der Waals surface area contributed by atoms with E-state index >= 15 is 0 Å². The summed E-state index contributed by atoms with van der Waals surface area (Å²) >= 11 is 0. The average Bonchev–Trinajstić information content (AvgIpc) is 2.48. The van der Waals surface area contributed by atoms with E-state index in [9.17, 15) is 4.79 Å². The van der Waals surface area contributed by atoms with E-state index < -0.39 is 0 Å². The van der Waals surface area contributed by atoms with E-state index in [4.69, 9.17) is 5.73 Å². The fourth-order valence-electron chi connectivity index (χ4n) is 2.32. The number of hydrogen-bond donors (Lipinski definition) is 2. The minimum absolute atomic E-state index is 0.190. The third-order valence-corrected chi connectivity index (χ3v) is 3.35. The monoisotopic (exact) mass is 277 g/mol. The van der Waals surface area contributed by atoms with Crippen molar-refractivity contribution in [2.75, 3.05) is 11.1 Å². The second-order valence-electron chi connectivity index (χ2n) is 4.93. The fourth-order valence-corrected chi connectivity index (χ4v) is 2.32. The molecule has 0 saturated heterocycles. The molecule has 3 rings (SSSR count). The fraction of sp³-hybridized carbons (Fsp3) is 0.0588. The van der Waals surface area contributed by atoms with Crippen LogP contribution in [-0.2, 0) is 0 Å². The van der Waals surface area contributed by atoms with Crippen LogP contribution < -0.4 is 11.1 Å². The number of nitrogen functional groups attached to an aromatic ring is 1. The number of fused-ring (bicyclic) bond motifs is 1. The van der Waals surface area contributed by atoms with Gasteiger partial charge in [-0.3, -0.25) is 4.79 Å². The third-order valence-electron chi connectivity index (χ3n) is 3.35. The number of carbonyl (C=O) groups excluding carboxylic acids is 1. The normalized spacial score (nSPS) is 10.5. The molecule has 0 atom stereocenters. The topological polar surface area (TPSA) is 68.0 Å². The Bertz CT molecular complexity index is 827. The first-order valence-corrected chi connectivity index (χ1v) is 6.66. The molecule has 2 aromatic carbocycles. The summed E-state index contributed by atoms with van der Waals surface area (Å²) in [5.41, 5.74) is 8.23. The second-order valence-corrected chi connectivity index (χ2v) is 4.93. The van der Waals surface area contributed by atoms with Gasteiger partial charge >= 0.3 is 0 Å². The molecular formula is C17H15N3O. The number of benzene rings is 2. The number of nitrogens with zero attached hydrogens (tertiary/aromatic N) is 1. The smallest absolute Gasteiger partial charge is 0.257 e. The van der Waals surface area contributed by atoms with Gasteiger partial charge in [0.15, 0.2) is 0 Å². The minimum Gasteiger partial charge on any atom is -0.383 e. The van der Waals surface area contributed by atoms with Gasteiger partial charge in [-0.15, -0.1) is 0 Å². The summed E-state index contributed by atoms with van der Waals surface area (Å²) in [6, 6.07) is 15.2. The van der Waals surface area contributed by atoms with Crippen molar-refractivity contribution in [2.24, 2.45) is 0 Å². The van der Waals surface area contributed by atoms with Gasteiger partial charge in [-0.05, 0) is 30.0 Å². The van der Waals surface area contributed by atoms with Gasteiger partial charge in [-0.1, -0.05) is 36.4 Å². The number of nitrogens with one attached hydrogen (secondary N) is 1. The zero-order valence-corrected chi connectivity index (χ0v) is 11.6. The number of nitrogens with two attached hydrogens (primary N) is 1. The van der Waals surface area contributed by atoms with Crippen molar-refractivity contribution in [3.8, 4) is 0 Å². The molecular weight excluding hydrogens is 262 g/mol. The Hall–Kier alpha value is -2.88. The lowest BCUT2D eigenvalue weighted by Crippen LogP contribution is -2.13. The standard InChI is InChI=1S/C17H15N3O/c1-11-5-4-6-12(9-11)20-17(21)15-10-19-16(18)14-8-3-2-7-13(14)15/h2-10H,1H3,(H2,18,19)(H,20,21). The lowest BCUT2D eigenvalue weighted by Gasteiger charge is -2.09. The number of aromatic nitrogens is 1. The van der Waals surface area contributed by atoms with Crippen LogP contribution in [0.1, 0.15) is 15.9 Å². The van der Waals surface area contributed by atoms with E-state index in [-0.39, 0.29) is 5.91 Å². The van der Waals surface area contributed by atoms with E-state index in [0.29, 0.717) is 11.4 Å². The van der Waals surface area contributed by atoms with Gasteiger partial charge in [-0.25, -0.2) is 4.98 Å². The lowest BCUT2D eigenvalue weighted by molar-refractivity contribution is 0.102. The van der Waals surface area contributed by atoms with Crippen molar-refractivity contribution >= 4 is 28.2 Å². The highest BCUT2D eigenvalue weighted by atomic mass is 16.1. The van der Waals surface area contributed by atoms with Gasteiger partial charge in [0.2, 0.25) is 0 Å². The van der Waals surface area contributed by atoms with Crippen LogP contribution in [0.2, 0.25) is 0 Å². The Morgan fingerprint density at radius 3 is 2.62 bits per heavy atom. The maximum Gasteiger partial charge on any atom is 0.257 e. The van der Waals surface area contributed by atoms with Crippen LogP contribution in [0.4, 0.5) is 11.5 Å². The first kappa shape index (κ1) is 13.1. The molecule has 1 heterocycles. The molecule has 0 radical (unpaired) electrons. The van der Waals surface area contributed by atoms with Crippen molar-refractivity contribution in [3.05, 3.63) is 65.9 Å². The van der Waals surface area contributed by atoms with Crippen LogP contribution in [0.5, 0.6) is 0 Å². The number of carbonyl (C=O) groups is 1. The zero-order valence-electron chi connectivity index (χ0n) is 11.6. The first-order valence-electron chi connectivity index (χ1n) is 6.66. The summed E-state index contributed by atoms with van der Waals surface area (Å²) in [7, 11) is 0. The zero-order chi connectivity index (χ0) is 14.8. The van der Waals surface area contributed by atoms with Crippen LogP contribution in [0.15, 0.2) is 54.7 Å². The molecule has 0 unspecified atom stereocenters. The Balaban J connectivity index is 2.01. The molecule has 0 spiro atoms. The molecule has 3 aromatic rings. The molecule has 0 aliphatic heterocycles. The Morgan fingerprint density at radius 2 is 1.86 bits per heavy atom. The highest BCUT2D eigenvalue weighted by molar-refractivity contribution is 6.14. The molecule has 1 aromatic heterocycles. The Morgan fingerprint density at radius 1 is 1.10 bits per heavy atom. The van der Waals surface area contributed by atoms with E-state index in [1.54, 1.807) is 0 Å². The number of rotatable bonds is 2. The molecule has 3 N–H and O–H groups in total. The summed E-state index contributed by atoms with van der Waals surface area (Å²) in [4.78, 5) is 16.6. The van der Waals surface area contributed by atoms with Gasteiger partial charge in [0.05, 0.1) is 5.56 Å². The number of aryl methyl sites for hydroxylation is 1. The minimum atomic E-state index is -0.190. The summed E-state index contributed by atoms with van der Waals surface area (Å²) in [5, 5.41) is 4.48. The maximum absolute atomic E-state index is 12.5. The van der Waals surface area contributed by atoms with E-state index in [1.165, 1.54) is 6.20 Å². The Kier molecular flexibility index (Phi) is 3.28. The van der Waals surface area contributed by atoms with Gasteiger partial charge in [0.25, 0.3) is 5.91 Å². The predicted molar refractivity (Wildman–Crippen MR) is 85.3 cm³/mol. The maximum atomic E-state index is 12.5. The van der Waals surface area contributed by atoms with Crippen molar-refractivity contribution in [3.63, 3.8) is 0 Å². The SMILES string of the molecule is Cc1cccc(NC(=O)c2cnc(N)c3ccccc23)c1. The lowest BCUT2D eigenvalue weighted by atomic mass is 10.1. The van der Waals surface area contributed by atoms with Crippen LogP contribution >= 0.6 is 0 Å². The highest BCUT2D eigenvalue weighted by Gasteiger charge is 2.12. The molecule has 104 valence electrons. The quantitative estimate of drug-likeness (QED) is 0.754. The number of anilines is 2. The van der Waals surface area contributed by atoms with Crippen LogP contribution in [0, 0.1) is 6.92 Å². The average molecular weight is 277 g/mol. The number of pyridine rings is 1. The third kappa shape index (κ3) is 2.56. The number of amides is 1. The summed E-state index contributed by atoms with van der Waals surface area (Å²) in [5.74, 6) is 0.238. The van der Waals surface area contributed by atoms with Gasteiger partial charge < -0.3 is 11.1 Å². The summed E-state index contributed by atoms with van der Waals surface area (Å²) < 4.78 is 0. The van der Waals surface area contributed by atoms with E-state index in [1.807, 2.05) is 55.5 Å². The molecule has 0 fully saturated rings. The summed E-state index contributed by atoms with van der Waals surface area (Å²) in [6.07, 6.45) is 1.52. The molecule has 0 bridgehead atoms. The molecule has 0 aliphatic rings. The van der Waals surface area contributed by atoms with E-state index in [0.717, 1.165) is 22.0 Å². The van der Waals surface area contributed by atoms with Gasteiger partial charge in [0, 0.05) is 17.3 Å². The van der Waals surface area contributed by atoms with Crippen molar-refractivity contribution in [1.82, 2.24) is 4.98 Å². The van der Waals surface area contributed by atoms with Crippen LogP contribution in [0.3, 0.4) is 0 Å². The van der Waals surface area contributed by atoms with Gasteiger partial charge in [-0.2, -0.15) is 0 Å². The molecule has 4 nitrogen and oxygen atoms in total. The van der Waals surface area contributed by atoms with Gasteiger partial charge in [0.1, 0.15) is 5.82 Å². The Labute approximate surface area is 122 Å². The molecule has 0 aliphatic carbocycles. The molecule has 0 saturated carbocycles. The largest absolute Gasteiger partial charge is 0.383 e. The van der Waals surface area contributed by atoms with Crippen molar-refractivity contribution in [1.29, 1.82) is 0 Å². The van der Waals surface area contributed by atoms with Crippen LogP contribution in [-0.4, -0.2) is 10.9 Å². The first-order chi connectivity index (χ1) is 10.1. The second kappa shape index (κ2) is 5.25. The number of hydrogen-bond acceptors (Lipinski definition) is 3. The highest BCUT2D eigenvalue weighted by Crippen LogP contribution is 2.23. The molecule has 4 heteroatoms. The van der Waals surface area contributed by atoms with Crippen molar-refractivity contribution in [2.45, 2.75) is 6.92 Å². The van der Waals surface area contributed by atoms with E-state index in [2.05, 4.69) is 10.3 Å². The van der Waals surface area contributed by atoms with Crippen LogP contribution in [0.25, 0.3) is 10.8 Å². The van der Waals surface area contributed by atoms with Crippen molar-refractivity contribution < 1.29 is 4.79 Å².